The maximum Gasteiger partial charge on any atom is 0.252 e. The van der Waals surface area contributed by atoms with Crippen LogP contribution < -0.4 is 5.32 Å². The van der Waals surface area contributed by atoms with Crippen LogP contribution in [0.4, 0.5) is 0 Å². The molecule has 106 valence electrons. The van der Waals surface area contributed by atoms with Crippen molar-refractivity contribution in [1.82, 2.24) is 10.2 Å². The topological polar surface area (TPSA) is 32.3 Å². The zero-order valence-corrected chi connectivity index (χ0v) is 12.9. The number of rotatable bonds is 8. The minimum atomic E-state index is 0.0398. The van der Waals surface area contributed by atoms with Gasteiger partial charge in [-0.25, -0.2) is 0 Å². The average Bonchev–Trinajstić information content (AvgIpc) is 2.41. The molecule has 1 aromatic rings. The molecule has 0 saturated heterocycles. The molecule has 1 aromatic carbocycles. The number of carbonyl (C=O) groups is 1. The first-order valence-electron chi connectivity index (χ1n) is 6.80. The molecule has 0 radical (unpaired) electrons. The molecule has 0 saturated carbocycles. The minimum Gasteiger partial charge on any atom is -0.352 e. The van der Waals surface area contributed by atoms with E-state index in [0.717, 1.165) is 42.1 Å². The number of hydrogen-bond donors (Lipinski definition) is 1. The van der Waals surface area contributed by atoms with E-state index in [2.05, 4.69) is 17.1 Å². The highest BCUT2D eigenvalue weighted by atomic mass is 32.2. The average molecular weight is 280 g/mol. The van der Waals surface area contributed by atoms with E-state index in [0.29, 0.717) is 0 Å². The van der Waals surface area contributed by atoms with Crippen molar-refractivity contribution in [1.29, 1.82) is 0 Å². The maximum atomic E-state index is 12.1. The van der Waals surface area contributed by atoms with Gasteiger partial charge in [-0.05, 0) is 51.4 Å². The Kier molecular flexibility index (Phi) is 7.60. The van der Waals surface area contributed by atoms with Crippen LogP contribution in [-0.4, -0.2) is 43.7 Å². The monoisotopic (exact) mass is 280 g/mol. The highest BCUT2D eigenvalue weighted by Crippen LogP contribution is 2.23. The third-order valence-electron chi connectivity index (χ3n) is 2.66. The molecule has 1 rings (SSSR count). The molecule has 0 fully saturated rings. The van der Waals surface area contributed by atoms with E-state index in [1.54, 1.807) is 11.8 Å². The number of nitrogens with zero attached hydrogens (tertiary/aromatic N) is 1. The molecular formula is C15H24N2OS. The van der Waals surface area contributed by atoms with Gasteiger partial charge in [-0.3, -0.25) is 4.79 Å². The van der Waals surface area contributed by atoms with E-state index in [9.17, 15) is 4.79 Å². The number of amides is 1. The predicted molar refractivity (Wildman–Crippen MR) is 83.0 cm³/mol. The molecule has 0 aromatic heterocycles. The summed E-state index contributed by atoms with van der Waals surface area (Å²) in [5, 5.41) is 2.99. The normalized spacial score (nSPS) is 10.7. The van der Waals surface area contributed by atoms with Crippen LogP contribution in [0.15, 0.2) is 29.2 Å². The molecule has 0 aliphatic rings. The lowest BCUT2D eigenvalue weighted by Gasteiger charge is -2.11. The fourth-order valence-electron chi connectivity index (χ4n) is 1.68. The van der Waals surface area contributed by atoms with Gasteiger partial charge in [-0.2, -0.15) is 0 Å². The summed E-state index contributed by atoms with van der Waals surface area (Å²) in [7, 11) is 4.08. The van der Waals surface area contributed by atoms with Crippen LogP contribution in [-0.2, 0) is 0 Å². The molecule has 4 heteroatoms. The smallest absolute Gasteiger partial charge is 0.252 e. The zero-order valence-electron chi connectivity index (χ0n) is 12.1. The van der Waals surface area contributed by atoms with Crippen LogP contribution in [0, 0.1) is 0 Å². The Morgan fingerprint density at radius 3 is 2.74 bits per heavy atom. The Morgan fingerprint density at radius 1 is 1.32 bits per heavy atom. The van der Waals surface area contributed by atoms with E-state index in [4.69, 9.17) is 0 Å². The fourth-order valence-corrected chi connectivity index (χ4v) is 2.60. The molecule has 3 nitrogen and oxygen atoms in total. The summed E-state index contributed by atoms with van der Waals surface area (Å²) >= 11 is 1.75. The van der Waals surface area contributed by atoms with E-state index in [1.807, 2.05) is 38.4 Å². The van der Waals surface area contributed by atoms with E-state index < -0.39 is 0 Å². The van der Waals surface area contributed by atoms with E-state index in [1.165, 1.54) is 0 Å². The Hall–Kier alpha value is -1.00. The third-order valence-corrected chi connectivity index (χ3v) is 3.94. The lowest BCUT2D eigenvalue weighted by atomic mass is 10.2. The summed E-state index contributed by atoms with van der Waals surface area (Å²) in [5.74, 6) is 1.09. The van der Waals surface area contributed by atoms with Crippen molar-refractivity contribution in [2.24, 2.45) is 0 Å². The third kappa shape index (κ3) is 6.12. The lowest BCUT2D eigenvalue weighted by Crippen LogP contribution is -2.27. The summed E-state index contributed by atoms with van der Waals surface area (Å²) in [6.45, 7) is 3.87. The second-order valence-corrected chi connectivity index (χ2v) is 5.89. The minimum absolute atomic E-state index is 0.0398. The highest BCUT2D eigenvalue weighted by molar-refractivity contribution is 7.99. The van der Waals surface area contributed by atoms with Crippen molar-refractivity contribution in [2.75, 3.05) is 32.9 Å². The number of carbonyl (C=O) groups excluding carboxylic acids is 1. The number of hydrogen-bond acceptors (Lipinski definition) is 3. The van der Waals surface area contributed by atoms with Crippen molar-refractivity contribution in [2.45, 2.75) is 24.7 Å². The van der Waals surface area contributed by atoms with Crippen LogP contribution in [0.1, 0.15) is 30.1 Å². The first-order chi connectivity index (χ1) is 9.15. The molecule has 0 aliphatic heterocycles. The largest absolute Gasteiger partial charge is 0.352 e. The molecule has 0 unspecified atom stereocenters. The van der Waals surface area contributed by atoms with Gasteiger partial charge >= 0.3 is 0 Å². The van der Waals surface area contributed by atoms with Crippen LogP contribution in [0.5, 0.6) is 0 Å². The standard InChI is InChI=1S/C15H24N2OS/c1-4-12-19-14-9-6-5-8-13(14)15(18)16-10-7-11-17(2)3/h5-6,8-9H,4,7,10-12H2,1-3H3,(H,16,18). The fraction of sp³-hybridized carbons (Fsp3) is 0.533. The van der Waals surface area contributed by atoms with Gasteiger partial charge in [-0.1, -0.05) is 19.1 Å². The van der Waals surface area contributed by atoms with Gasteiger partial charge in [0.05, 0.1) is 5.56 Å². The lowest BCUT2D eigenvalue weighted by molar-refractivity contribution is 0.0949. The zero-order chi connectivity index (χ0) is 14.1. The molecule has 19 heavy (non-hydrogen) atoms. The van der Waals surface area contributed by atoms with Crippen molar-refractivity contribution in [3.05, 3.63) is 29.8 Å². The Balaban J connectivity index is 2.51. The number of thioether (sulfide) groups is 1. The quantitative estimate of drug-likeness (QED) is 0.587. The van der Waals surface area contributed by atoms with Gasteiger partial charge in [0.1, 0.15) is 0 Å². The van der Waals surface area contributed by atoms with Gasteiger partial charge in [-0.15, -0.1) is 11.8 Å². The molecule has 0 aliphatic carbocycles. The first kappa shape index (κ1) is 16.1. The van der Waals surface area contributed by atoms with Gasteiger partial charge < -0.3 is 10.2 Å². The molecule has 1 amide bonds. The molecule has 0 atom stereocenters. The molecule has 0 spiro atoms. The second-order valence-electron chi connectivity index (χ2n) is 4.76. The van der Waals surface area contributed by atoms with Crippen LogP contribution in [0.3, 0.4) is 0 Å². The predicted octanol–water partition coefficient (Wildman–Crippen LogP) is 2.87. The van der Waals surface area contributed by atoms with E-state index >= 15 is 0 Å². The van der Waals surface area contributed by atoms with E-state index in [-0.39, 0.29) is 5.91 Å². The Morgan fingerprint density at radius 2 is 2.05 bits per heavy atom. The number of benzene rings is 1. The van der Waals surface area contributed by atoms with Gasteiger partial charge in [0.2, 0.25) is 0 Å². The summed E-state index contributed by atoms with van der Waals surface area (Å²) in [6.07, 6.45) is 2.09. The van der Waals surface area contributed by atoms with Crippen LogP contribution in [0.2, 0.25) is 0 Å². The summed E-state index contributed by atoms with van der Waals surface area (Å²) in [4.78, 5) is 15.3. The van der Waals surface area contributed by atoms with Gasteiger partial charge in [0, 0.05) is 11.4 Å². The molecule has 0 heterocycles. The Labute approximate surface area is 120 Å². The number of nitrogens with one attached hydrogen (secondary N) is 1. The molecule has 0 bridgehead atoms. The maximum absolute atomic E-state index is 12.1. The van der Waals surface area contributed by atoms with Crippen LogP contribution >= 0.6 is 11.8 Å². The first-order valence-corrected chi connectivity index (χ1v) is 7.78. The SMILES string of the molecule is CCCSc1ccccc1C(=O)NCCCN(C)C. The summed E-state index contributed by atoms with van der Waals surface area (Å²) in [5.41, 5.74) is 0.797. The van der Waals surface area contributed by atoms with Crippen molar-refractivity contribution >= 4 is 17.7 Å². The molecule has 1 N–H and O–H groups in total. The van der Waals surface area contributed by atoms with Gasteiger partial charge in [0.15, 0.2) is 0 Å². The van der Waals surface area contributed by atoms with Crippen molar-refractivity contribution in [3.8, 4) is 0 Å². The second kappa shape index (κ2) is 8.99. The van der Waals surface area contributed by atoms with Crippen LogP contribution in [0.25, 0.3) is 0 Å². The Bertz CT molecular complexity index is 393. The summed E-state index contributed by atoms with van der Waals surface area (Å²) in [6, 6.07) is 7.83. The van der Waals surface area contributed by atoms with Crippen molar-refractivity contribution in [3.63, 3.8) is 0 Å². The van der Waals surface area contributed by atoms with Crippen molar-refractivity contribution < 1.29 is 4.79 Å². The summed E-state index contributed by atoms with van der Waals surface area (Å²) < 4.78 is 0. The highest BCUT2D eigenvalue weighted by Gasteiger charge is 2.10. The van der Waals surface area contributed by atoms with Gasteiger partial charge in [0.25, 0.3) is 5.91 Å². The molecular weight excluding hydrogens is 256 g/mol.